The molecule has 14 heavy (non-hydrogen) atoms. The van der Waals surface area contributed by atoms with E-state index in [9.17, 15) is 0 Å². The predicted octanol–water partition coefficient (Wildman–Crippen LogP) is 2.69. The van der Waals surface area contributed by atoms with Gasteiger partial charge < -0.3 is 4.90 Å². The summed E-state index contributed by atoms with van der Waals surface area (Å²) in [5.74, 6) is 0.977. The fraction of sp³-hybridized carbons (Fsp3) is 0.556. The largest absolute Gasteiger partial charge is 0.353 e. The van der Waals surface area contributed by atoms with Gasteiger partial charge in [0.05, 0.1) is 3.57 Å². The lowest BCUT2D eigenvalue weighted by molar-refractivity contribution is 0.545. The van der Waals surface area contributed by atoms with Crippen molar-refractivity contribution in [1.29, 1.82) is 0 Å². The molecule has 78 valence electrons. The summed E-state index contributed by atoms with van der Waals surface area (Å²) in [5, 5.41) is 0.899. The minimum atomic E-state index is 0.0499. The summed E-state index contributed by atoms with van der Waals surface area (Å²) in [7, 11) is 2.05. The number of anilines is 1. The van der Waals surface area contributed by atoms with Crippen LogP contribution in [0.25, 0.3) is 0 Å². The van der Waals surface area contributed by atoms with E-state index in [1.165, 1.54) is 0 Å². The molecule has 0 saturated heterocycles. The monoisotopic (exact) mass is 369 g/mol. The van der Waals surface area contributed by atoms with Crippen LogP contribution >= 0.6 is 38.5 Å². The number of hydrogen-bond acceptors (Lipinski definition) is 3. The number of halogens is 2. The number of rotatable bonds is 3. The summed E-state index contributed by atoms with van der Waals surface area (Å²) in [6, 6.07) is 0. The first-order valence-electron chi connectivity index (χ1n) is 4.24. The molecule has 3 nitrogen and oxygen atoms in total. The van der Waals surface area contributed by atoms with E-state index in [1.807, 2.05) is 13.2 Å². The second-order valence-electron chi connectivity index (χ2n) is 3.70. The Hall–Kier alpha value is 0.0900. The molecule has 0 amide bonds. The summed E-state index contributed by atoms with van der Waals surface area (Å²) in [5.41, 5.74) is 0.0499. The molecule has 0 unspecified atom stereocenters. The van der Waals surface area contributed by atoms with Gasteiger partial charge in [0.25, 0.3) is 0 Å². The van der Waals surface area contributed by atoms with E-state index >= 15 is 0 Å². The minimum Gasteiger partial charge on any atom is -0.353 e. The molecule has 0 atom stereocenters. The highest BCUT2D eigenvalue weighted by Crippen LogP contribution is 2.25. The van der Waals surface area contributed by atoms with Crippen LogP contribution in [0.15, 0.2) is 12.5 Å². The van der Waals surface area contributed by atoms with E-state index in [2.05, 4.69) is 67.2 Å². The molecule has 0 radical (unpaired) electrons. The Morgan fingerprint density at radius 1 is 1.57 bits per heavy atom. The van der Waals surface area contributed by atoms with Gasteiger partial charge >= 0.3 is 0 Å². The third-order valence-corrected chi connectivity index (χ3v) is 4.33. The molecule has 5 heteroatoms. The lowest BCUT2D eigenvalue weighted by Gasteiger charge is -2.35. The summed E-state index contributed by atoms with van der Waals surface area (Å²) in [4.78, 5) is 10.4. The van der Waals surface area contributed by atoms with E-state index in [0.717, 1.165) is 14.7 Å². The Labute approximate surface area is 107 Å². The molecule has 0 fully saturated rings. The van der Waals surface area contributed by atoms with Crippen LogP contribution in [-0.4, -0.2) is 27.9 Å². The van der Waals surface area contributed by atoms with Crippen LogP contribution in [0.1, 0.15) is 13.8 Å². The Bertz CT molecular complexity index is 317. The third-order valence-electron chi connectivity index (χ3n) is 2.20. The Kier molecular flexibility index (Phi) is 4.12. The first-order valence-corrected chi connectivity index (χ1v) is 6.44. The van der Waals surface area contributed by atoms with Crippen molar-refractivity contribution in [2.24, 2.45) is 0 Å². The zero-order valence-electron chi connectivity index (χ0n) is 8.46. The Morgan fingerprint density at radius 3 is 2.71 bits per heavy atom. The first kappa shape index (κ1) is 12.2. The number of aromatic nitrogens is 2. The van der Waals surface area contributed by atoms with Gasteiger partial charge in [-0.3, -0.25) is 0 Å². The van der Waals surface area contributed by atoms with E-state index in [4.69, 9.17) is 0 Å². The molecule has 1 heterocycles. The van der Waals surface area contributed by atoms with Crippen LogP contribution in [0.5, 0.6) is 0 Å². The average Bonchev–Trinajstić information content (AvgIpc) is 2.17. The molecule has 0 bridgehead atoms. The molecule has 0 aliphatic carbocycles. The fourth-order valence-electron chi connectivity index (χ4n) is 0.929. The van der Waals surface area contributed by atoms with Gasteiger partial charge in [-0.05, 0) is 36.4 Å². The van der Waals surface area contributed by atoms with Crippen molar-refractivity contribution in [2.45, 2.75) is 19.4 Å². The highest BCUT2D eigenvalue weighted by Gasteiger charge is 2.24. The van der Waals surface area contributed by atoms with Gasteiger partial charge in [0.2, 0.25) is 0 Å². The van der Waals surface area contributed by atoms with Gasteiger partial charge in [-0.25, -0.2) is 9.97 Å². The predicted molar refractivity (Wildman–Crippen MR) is 71.0 cm³/mol. The van der Waals surface area contributed by atoms with Gasteiger partial charge in [0.1, 0.15) is 12.1 Å². The lowest BCUT2D eigenvalue weighted by Crippen LogP contribution is -2.43. The molecule has 0 aliphatic rings. The first-order chi connectivity index (χ1) is 6.49. The van der Waals surface area contributed by atoms with Crippen LogP contribution in [0, 0.1) is 3.57 Å². The van der Waals surface area contributed by atoms with E-state index in [0.29, 0.717) is 0 Å². The van der Waals surface area contributed by atoms with Crippen LogP contribution in [0.2, 0.25) is 0 Å². The van der Waals surface area contributed by atoms with Gasteiger partial charge in [0, 0.05) is 24.1 Å². The van der Waals surface area contributed by atoms with Crippen molar-refractivity contribution in [3.8, 4) is 0 Å². The number of alkyl halides is 1. The molecule has 1 aromatic rings. The topological polar surface area (TPSA) is 29.0 Å². The van der Waals surface area contributed by atoms with Gasteiger partial charge in [0.15, 0.2) is 0 Å². The zero-order chi connectivity index (χ0) is 10.8. The summed E-state index contributed by atoms with van der Waals surface area (Å²) in [6.07, 6.45) is 3.40. The van der Waals surface area contributed by atoms with Crippen molar-refractivity contribution in [1.82, 2.24) is 9.97 Å². The smallest absolute Gasteiger partial charge is 0.145 e. The molecule has 0 saturated carbocycles. The summed E-state index contributed by atoms with van der Waals surface area (Å²) in [6.45, 7) is 4.33. The van der Waals surface area contributed by atoms with Crippen molar-refractivity contribution in [2.75, 3.05) is 17.3 Å². The average molecular weight is 370 g/mol. The van der Waals surface area contributed by atoms with Crippen LogP contribution in [-0.2, 0) is 0 Å². The summed E-state index contributed by atoms with van der Waals surface area (Å²) < 4.78 is 1.07. The second kappa shape index (κ2) is 4.74. The Balaban J connectivity index is 3.00. The minimum absolute atomic E-state index is 0.0499. The third kappa shape index (κ3) is 2.56. The van der Waals surface area contributed by atoms with Crippen LogP contribution < -0.4 is 4.90 Å². The maximum atomic E-state index is 4.28. The van der Waals surface area contributed by atoms with Gasteiger partial charge in [-0.15, -0.1) is 0 Å². The van der Waals surface area contributed by atoms with Gasteiger partial charge in [-0.1, -0.05) is 15.9 Å². The van der Waals surface area contributed by atoms with Crippen LogP contribution in [0.4, 0.5) is 5.82 Å². The second-order valence-corrected chi connectivity index (χ2v) is 5.42. The molecular formula is C9H13BrIN3. The molecule has 1 aromatic heterocycles. The van der Waals surface area contributed by atoms with Crippen molar-refractivity contribution < 1.29 is 0 Å². The van der Waals surface area contributed by atoms with E-state index in [-0.39, 0.29) is 5.54 Å². The maximum Gasteiger partial charge on any atom is 0.145 e. The number of nitrogens with zero attached hydrogens (tertiary/aromatic N) is 3. The maximum absolute atomic E-state index is 4.28. The van der Waals surface area contributed by atoms with E-state index in [1.54, 1.807) is 6.33 Å². The molecule has 0 aromatic carbocycles. The molecular weight excluding hydrogens is 357 g/mol. The van der Waals surface area contributed by atoms with Crippen molar-refractivity contribution in [3.63, 3.8) is 0 Å². The quantitative estimate of drug-likeness (QED) is 0.606. The van der Waals surface area contributed by atoms with Crippen LogP contribution in [0.3, 0.4) is 0 Å². The highest BCUT2D eigenvalue weighted by atomic mass is 127. The summed E-state index contributed by atoms with van der Waals surface area (Å²) >= 11 is 5.76. The Morgan fingerprint density at radius 2 is 2.21 bits per heavy atom. The standard InChI is InChI=1S/C9H13BrIN3/c1-9(2,5-10)14(3)8-7(11)4-12-6-13-8/h4,6H,5H2,1-3H3. The van der Waals surface area contributed by atoms with Crippen molar-refractivity contribution >= 4 is 44.3 Å². The van der Waals surface area contributed by atoms with E-state index < -0.39 is 0 Å². The van der Waals surface area contributed by atoms with Crippen molar-refractivity contribution in [3.05, 3.63) is 16.1 Å². The number of hydrogen-bond donors (Lipinski definition) is 0. The lowest BCUT2D eigenvalue weighted by atomic mass is 10.1. The zero-order valence-corrected chi connectivity index (χ0v) is 12.2. The SMILES string of the molecule is CN(c1ncncc1I)C(C)(C)CBr. The fourth-order valence-corrected chi connectivity index (χ4v) is 1.97. The highest BCUT2D eigenvalue weighted by molar-refractivity contribution is 14.1. The molecule has 0 N–H and O–H groups in total. The van der Waals surface area contributed by atoms with Gasteiger partial charge in [-0.2, -0.15) is 0 Å². The normalized spacial score (nSPS) is 11.5. The molecule has 1 rings (SSSR count). The molecule has 0 spiro atoms. The molecule has 0 aliphatic heterocycles.